The van der Waals surface area contributed by atoms with E-state index in [1.54, 1.807) is 0 Å². The average Bonchev–Trinajstić information content (AvgIpc) is 2.62. The summed E-state index contributed by atoms with van der Waals surface area (Å²) in [5.74, 6) is -0.375. The van der Waals surface area contributed by atoms with Crippen molar-refractivity contribution in [3.63, 3.8) is 0 Å². The third-order valence-electron chi connectivity index (χ3n) is 4.06. The molecule has 0 aliphatic carbocycles. The molecule has 27 heavy (non-hydrogen) atoms. The van der Waals surface area contributed by atoms with Crippen LogP contribution in [0.2, 0.25) is 10.0 Å². The number of hydrogen-bond donors (Lipinski definition) is 1. The number of nitrogens with zero attached hydrogens (tertiary/aromatic N) is 1. The zero-order valence-corrected chi connectivity index (χ0v) is 17.5. The maximum absolute atomic E-state index is 12.6. The van der Waals surface area contributed by atoms with Gasteiger partial charge in [0, 0.05) is 18.1 Å². The molecule has 2 aromatic rings. The number of hydrogen-bond acceptors (Lipinski definition) is 3. The van der Waals surface area contributed by atoms with Gasteiger partial charge in [-0.05, 0) is 43.5 Å². The number of carbonyl (C=O) groups is 1. The van der Waals surface area contributed by atoms with E-state index in [1.165, 1.54) is 30.8 Å². The Labute approximate surface area is 170 Å². The van der Waals surface area contributed by atoms with Gasteiger partial charge in [-0.25, -0.2) is 8.42 Å². The number of nitrogens with one attached hydrogen (secondary N) is 1. The van der Waals surface area contributed by atoms with Crippen LogP contribution in [0, 0.1) is 0 Å². The molecular weight excluding hydrogens is 407 g/mol. The Bertz CT molecular complexity index is 889. The van der Waals surface area contributed by atoms with Crippen molar-refractivity contribution in [3.8, 4) is 0 Å². The highest BCUT2D eigenvalue weighted by Crippen LogP contribution is 2.27. The Morgan fingerprint density at radius 1 is 1.15 bits per heavy atom. The predicted octanol–water partition coefficient (Wildman–Crippen LogP) is 3.75. The van der Waals surface area contributed by atoms with E-state index in [-0.39, 0.29) is 33.4 Å². The highest BCUT2D eigenvalue weighted by atomic mass is 35.5. The Morgan fingerprint density at radius 2 is 1.81 bits per heavy atom. The van der Waals surface area contributed by atoms with Crippen molar-refractivity contribution in [1.82, 2.24) is 9.62 Å². The fourth-order valence-corrected chi connectivity index (χ4v) is 4.41. The smallest absolute Gasteiger partial charge is 0.244 e. The lowest BCUT2D eigenvalue weighted by Gasteiger charge is -2.20. The first-order valence-corrected chi connectivity index (χ1v) is 10.6. The first-order valence-electron chi connectivity index (χ1n) is 8.45. The molecule has 0 aliphatic heterocycles. The van der Waals surface area contributed by atoms with E-state index in [9.17, 15) is 13.2 Å². The standard InChI is InChI=1S/C19H22Cl2N2O3S/c1-14(8-9-15-6-4-3-5-7-15)22-19(24)13-23(2)27(25,26)18-12-16(20)10-11-17(18)21/h3-7,10-12,14H,8-9,13H2,1-2H3,(H,22,24)/t14-/m0/s1. The van der Waals surface area contributed by atoms with Gasteiger partial charge in [0.25, 0.3) is 0 Å². The molecule has 2 aromatic carbocycles. The predicted molar refractivity (Wildman–Crippen MR) is 109 cm³/mol. The van der Waals surface area contributed by atoms with E-state index < -0.39 is 10.0 Å². The first kappa shape index (κ1) is 21.7. The van der Waals surface area contributed by atoms with Crippen molar-refractivity contribution in [2.75, 3.05) is 13.6 Å². The molecule has 0 aromatic heterocycles. The minimum atomic E-state index is -3.92. The van der Waals surface area contributed by atoms with Crippen molar-refractivity contribution in [3.05, 3.63) is 64.1 Å². The summed E-state index contributed by atoms with van der Waals surface area (Å²) in [5, 5.41) is 3.14. The summed E-state index contributed by atoms with van der Waals surface area (Å²) in [6.45, 7) is 1.59. The molecule has 0 radical (unpaired) electrons. The molecule has 1 N–H and O–H groups in total. The molecule has 0 spiro atoms. The van der Waals surface area contributed by atoms with Crippen LogP contribution >= 0.6 is 23.2 Å². The summed E-state index contributed by atoms with van der Waals surface area (Å²) < 4.78 is 26.2. The molecule has 1 amide bonds. The number of rotatable bonds is 8. The lowest BCUT2D eigenvalue weighted by Crippen LogP contribution is -2.41. The maximum Gasteiger partial charge on any atom is 0.244 e. The van der Waals surface area contributed by atoms with Gasteiger partial charge in [0.15, 0.2) is 0 Å². The lowest BCUT2D eigenvalue weighted by molar-refractivity contribution is -0.121. The van der Waals surface area contributed by atoms with Crippen molar-refractivity contribution in [2.45, 2.75) is 30.7 Å². The highest BCUT2D eigenvalue weighted by molar-refractivity contribution is 7.89. The molecule has 0 saturated heterocycles. The molecule has 0 saturated carbocycles. The first-order chi connectivity index (χ1) is 12.7. The van der Waals surface area contributed by atoms with Gasteiger partial charge in [-0.2, -0.15) is 4.31 Å². The van der Waals surface area contributed by atoms with E-state index >= 15 is 0 Å². The van der Waals surface area contributed by atoms with Gasteiger partial charge in [-0.15, -0.1) is 0 Å². The summed E-state index contributed by atoms with van der Waals surface area (Å²) in [4.78, 5) is 12.1. The normalized spacial score (nSPS) is 12.8. The summed E-state index contributed by atoms with van der Waals surface area (Å²) in [5.41, 5.74) is 1.19. The fraction of sp³-hybridized carbons (Fsp3) is 0.316. The Balaban J connectivity index is 1.93. The third kappa shape index (κ3) is 6.21. The largest absolute Gasteiger partial charge is 0.352 e. The zero-order valence-electron chi connectivity index (χ0n) is 15.2. The molecular formula is C19H22Cl2N2O3S. The number of benzene rings is 2. The summed E-state index contributed by atoms with van der Waals surface area (Å²) in [6.07, 6.45) is 1.58. The van der Waals surface area contributed by atoms with Crippen molar-refractivity contribution in [2.24, 2.45) is 0 Å². The topological polar surface area (TPSA) is 66.5 Å². The van der Waals surface area contributed by atoms with Crippen molar-refractivity contribution < 1.29 is 13.2 Å². The van der Waals surface area contributed by atoms with Crippen LogP contribution in [0.25, 0.3) is 0 Å². The van der Waals surface area contributed by atoms with E-state index in [1.807, 2.05) is 37.3 Å². The second-order valence-electron chi connectivity index (χ2n) is 6.33. The summed E-state index contributed by atoms with van der Waals surface area (Å²) in [6, 6.07) is 14.1. The number of amides is 1. The van der Waals surface area contributed by atoms with E-state index in [2.05, 4.69) is 5.32 Å². The molecule has 0 bridgehead atoms. The van der Waals surface area contributed by atoms with Gasteiger partial charge >= 0.3 is 0 Å². The van der Waals surface area contributed by atoms with Crippen molar-refractivity contribution >= 4 is 39.1 Å². The van der Waals surface area contributed by atoms with E-state index in [4.69, 9.17) is 23.2 Å². The van der Waals surface area contributed by atoms with Crippen LogP contribution in [0.3, 0.4) is 0 Å². The number of sulfonamides is 1. The van der Waals surface area contributed by atoms with Crippen molar-refractivity contribution in [1.29, 1.82) is 0 Å². The van der Waals surface area contributed by atoms with Crippen LogP contribution in [0.4, 0.5) is 0 Å². The number of aryl methyl sites for hydroxylation is 1. The van der Waals surface area contributed by atoms with Crippen LogP contribution < -0.4 is 5.32 Å². The van der Waals surface area contributed by atoms with Crippen LogP contribution in [0.15, 0.2) is 53.4 Å². The number of likely N-dealkylation sites (N-methyl/N-ethyl adjacent to an activating group) is 1. The SMILES string of the molecule is C[C@@H](CCc1ccccc1)NC(=O)CN(C)S(=O)(=O)c1cc(Cl)ccc1Cl. The van der Waals surface area contributed by atoms with Gasteiger partial charge in [-0.1, -0.05) is 53.5 Å². The van der Waals surface area contributed by atoms with Crippen LogP contribution in [0.5, 0.6) is 0 Å². The number of halogens is 2. The molecule has 2 rings (SSSR count). The van der Waals surface area contributed by atoms with E-state index in [0.717, 1.165) is 17.1 Å². The monoisotopic (exact) mass is 428 g/mol. The molecule has 0 aliphatic rings. The molecule has 0 heterocycles. The Morgan fingerprint density at radius 3 is 2.48 bits per heavy atom. The summed E-state index contributed by atoms with van der Waals surface area (Å²) >= 11 is 11.8. The molecule has 5 nitrogen and oxygen atoms in total. The van der Waals surface area contributed by atoms with Gasteiger partial charge in [0.2, 0.25) is 15.9 Å². The molecule has 0 fully saturated rings. The van der Waals surface area contributed by atoms with Gasteiger partial charge in [0.1, 0.15) is 4.90 Å². The minimum Gasteiger partial charge on any atom is -0.352 e. The van der Waals surface area contributed by atoms with Gasteiger partial charge in [0.05, 0.1) is 11.6 Å². The fourth-order valence-electron chi connectivity index (χ4n) is 2.55. The second-order valence-corrected chi connectivity index (χ2v) is 9.19. The van der Waals surface area contributed by atoms with E-state index in [0.29, 0.717) is 0 Å². The average molecular weight is 429 g/mol. The van der Waals surface area contributed by atoms with Crippen LogP contribution in [-0.2, 0) is 21.2 Å². The minimum absolute atomic E-state index is 0.0582. The quantitative estimate of drug-likeness (QED) is 0.695. The molecule has 1 atom stereocenters. The summed E-state index contributed by atoms with van der Waals surface area (Å²) in [7, 11) is -2.59. The lowest BCUT2D eigenvalue weighted by atomic mass is 10.1. The van der Waals surface area contributed by atoms with Gasteiger partial charge < -0.3 is 5.32 Å². The van der Waals surface area contributed by atoms with Gasteiger partial charge in [-0.3, -0.25) is 4.79 Å². The zero-order chi connectivity index (χ0) is 20.0. The van der Waals surface area contributed by atoms with Crippen LogP contribution in [-0.4, -0.2) is 38.3 Å². The molecule has 146 valence electrons. The maximum atomic E-state index is 12.6. The number of carbonyl (C=O) groups excluding carboxylic acids is 1. The Kier molecular flexibility index (Phi) is 7.68. The molecule has 8 heteroatoms. The third-order valence-corrected chi connectivity index (χ3v) is 6.58. The second kappa shape index (κ2) is 9.55. The molecule has 0 unspecified atom stereocenters. The Hall–Kier alpha value is -1.60. The highest BCUT2D eigenvalue weighted by Gasteiger charge is 2.26. The van der Waals surface area contributed by atoms with Crippen LogP contribution in [0.1, 0.15) is 18.9 Å².